The van der Waals surface area contributed by atoms with Gasteiger partial charge in [-0.05, 0) is 38.5 Å². The fraction of sp³-hybridized carbons (Fsp3) is 0.857. The maximum atomic E-state index is 12.8. The third-order valence-corrected chi connectivity index (χ3v) is 4.88. The molecule has 3 fully saturated rings. The van der Waals surface area contributed by atoms with Crippen LogP contribution in [0, 0.1) is 5.92 Å². The Balaban J connectivity index is 1.85. The molecule has 0 aromatic heterocycles. The molecule has 0 aromatic carbocycles. The molecule has 4 nitrogen and oxygen atoms in total. The first-order chi connectivity index (χ1) is 8.62. The zero-order valence-electron chi connectivity index (χ0n) is 11.1. The minimum Gasteiger partial charge on any atom is -0.342 e. The summed E-state index contributed by atoms with van der Waals surface area (Å²) in [5.74, 6) is 0.904. The van der Waals surface area contributed by atoms with Crippen LogP contribution in [0.5, 0.6) is 0 Å². The molecule has 1 atom stereocenters. The number of hydrogen-bond donors (Lipinski definition) is 1. The lowest BCUT2D eigenvalue weighted by Crippen LogP contribution is -2.57. The Kier molecular flexibility index (Phi) is 2.83. The van der Waals surface area contributed by atoms with Crippen molar-refractivity contribution in [2.24, 2.45) is 5.92 Å². The summed E-state index contributed by atoms with van der Waals surface area (Å²) in [6, 6.07) is 0.308. The highest BCUT2D eigenvalue weighted by Crippen LogP contribution is 2.39. The molecule has 1 unspecified atom stereocenters. The van der Waals surface area contributed by atoms with Crippen molar-refractivity contribution in [2.45, 2.75) is 63.5 Å². The van der Waals surface area contributed by atoms with Gasteiger partial charge in [0.1, 0.15) is 5.54 Å². The van der Waals surface area contributed by atoms with E-state index >= 15 is 0 Å². The fourth-order valence-corrected chi connectivity index (χ4v) is 3.52. The van der Waals surface area contributed by atoms with Gasteiger partial charge in [0, 0.05) is 19.0 Å². The van der Waals surface area contributed by atoms with Gasteiger partial charge in [-0.15, -0.1) is 0 Å². The van der Waals surface area contributed by atoms with Gasteiger partial charge in [-0.3, -0.25) is 9.59 Å². The summed E-state index contributed by atoms with van der Waals surface area (Å²) in [5.41, 5.74) is -0.559. The van der Waals surface area contributed by atoms with Crippen molar-refractivity contribution in [2.75, 3.05) is 6.54 Å². The number of hydrogen-bond acceptors (Lipinski definition) is 2. The molecular weight excluding hydrogens is 228 g/mol. The standard InChI is InChI=1S/C14H22N2O2/c1-10(11-4-5-11)16-9-6-12(17)15-14(13(16)18)7-2-3-8-14/h10-11H,2-9H2,1H3,(H,15,17). The topological polar surface area (TPSA) is 49.4 Å². The Hall–Kier alpha value is -1.06. The van der Waals surface area contributed by atoms with Crippen molar-refractivity contribution in [1.82, 2.24) is 10.2 Å². The van der Waals surface area contributed by atoms with E-state index < -0.39 is 5.54 Å². The van der Waals surface area contributed by atoms with Crippen molar-refractivity contribution < 1.29 is 9.59 Å². The predicted octanol–water partition coefficient (Wildman–Crippen LogP) is 1.45. The second kappa shape index (κ2) is 4.25. The van der Waals surface area contributed by atoms with E-state index in [1.54, 1.807) is 0 Å². The van der Waals surface area contributed by atoms with Crippen molar-refractivity contribution in [1.29, 1.82) is 0 Å². The predicted molar refractivity (Wildman–Crippen MR) is 67.9 cm³/mol. The first kappa shape index (κ1) is 12.0. The molecule has 100 valence electrons. The molecule has 1 heterocycles. The van der Waals surface area contributed by atoms with Gasteiger partial charge < -0.3 is 10.2 Å². The molecule has 2 aliphatic carbocycles. The lowest BCUT2D eigenvalue weighted by molar-refractivity contribution is -0.140. The molecule has 4 heteroatoms. The molecular formula is C14H22N2O2. The Labute approximate surface area is 108 Å². The molecule has 3 aliphatic rings. The summed E-state index contributed by atoms with van der Waals surface area (Å²) in [5, 5.41) is 3.02. The number of amides is 2. The van der Waals surface area contributed by atoms with Gasteiger partial charge in [0.25, 0.3) is 0 Å². The molecule has 1 N–H and O–H groups in total. The van der Waals surface area contributed by atoms with E-state index in [1.165, 1.54) is 12.8 Å². The first-order valence-corrected chi connectivity index (χ1v) is 7.24. The van der Waals surface area contributed by atoms with Crippen LogP contribution < -0.4 is 5.32 Å². The number of carbonyl (C=O) groups excluding carboxylic acids is 2. The van der Waals surface area contributed by atoms with Crippen LogP contribution in [0.15, 0.2) is 0 Å². The molecule has 0 aromatic rings. The molecule has 0 bridgehead atoms. The highest BCUT2D eigenvalue weighted by atomic mass is 16.2. The van der Waals surface area contributed by atoms with Gasteiger partial charge in [-0.25, -0.2) is 0 Å². The molecule has 0 radical (unpaired) electrons. The summed E-state index contributed by atoms with van der Waals surface area (Å²) < 4.78 is 0. The van der Waals surface area contributed by atoms with Crippen LogP contribution in [0.3, 0.4) is 0 Å². The maximum absolute atomic E-state index is 12.8. The maximum Gasteiger partial charge on any atom is 0.248 e. The van der Waals surface area contributed by atoms with Gasteiger partial charge in [0.15, 0.2) is 0 Å². The van der Waals surface area contributed by atoms with Crippen LogP contribution in [0.1, 0.15) is 51.9 Å². The van der Waals surface area contributed by atoms with Crippen LogP contribution in [-0.4, -0.2) is 34.8 Å². The van der Waals surface area contributed by atoms with E-state index in [-0.39, 0.29) is 11.8 Å². The average molecular weight is 250 g/mol. The van der Waals surface area contributed by atoms with Gasteiger partial charge >= 0.3 is 0 Å². The number of carbonyl (C=O) groups is 2. The van der Waals surface area contributed by atoms with E-state index in [0.29, 0.717) is 24.9 Å². The van der Waals surface area contributed by atoms with Gasteiger partial charge in [-0.1, -0.05) is 12.8 Å². The van der Waals surface area contributed by atoms with Crippen LogP contribution in [-0.2, 0) is 9.59 Å². The van der Waals surface area contributed by atoms with Crippen molar-refractivity contribution in [3.05, 3.63) is 0 Å². The molecule has 1 spiro atoms. The number of nitrogens with one attached hydrogen (secondary N) is 1. The zero-order valence-corrected chi connectivity index (χ0v) is 11.1. The second-order valence-electron chi connectivity index (χ2n) is 6.16. The molecule has 18 heavy (non-hydrogen) atoms. The average Bonchev–Trinajstić information content (AvgIpc) is 3.10. The summed E-state index contributed by atoms with van der Waals surface area (Å²) in [7, 11) is 0. The lowest BCUT2D eigenvalue weighted by Gasteiger charge is -2.35. The molecule has 1 saturated heterocycles. The molecule has 2 amide bonds. The molecule has 1 aliphatic heterocycles. The minimum absolute atomic E-state index is 0.0516. The second-order valence-corrected chi connectivity index (χ2v) is 6.16. The Morgan fingerprint density at radius 1 is 1.28 bits per heavy atom. The molecule has 3 rings (SSSR count). The normalized spacial score (nSPS) is 29.3. The van der Waals surface area contributed by atoms with Crippen LogP contribution in [0.25, 0.3) is 0 Å². The highest BCUT2D eigenvalue weighted by molar-refractivity contribution is 5.94. The number of rotatable bonds is 2. The highest BCUT2D eigenvalue weighted by Gasteiger charge is 2.48. The zero-order chi connectivity index (χ0) is 12.8. The smallest absolute Gasteiger partial charge is 0.248 e. The van der Waals surface area contributed by atoms with Gasteiger partial charge in [0.05, 0.1) is 0 Å². The lowest BCUT2D eigenvalue weighted by atomic mass is 9.95. The van der Waals surface area contributed by atoms with E-state index in [0.717, 1.165) is 25.7 Å². The monoisotopic (exact) mass is 250 g/mol. The van der Waals surface area contributed by atoms with Crippen LogP contribution >= 0.6 is 0 Å². The van der Waals surface area contributed by atoms with Crippen molar-refractivity contribution in [3.63, 3.8) is 0 Å². The Morgan fingerprint density at radius 3 is 2.56 bits per heavy atom. The van der Waals surface area contributed by atoms with Gasteiger partial charge in [-0.2, -0.15) is 0 Å². The summed E-state index contributed by atoms with van der Waals surface area (Å²) in [4.78, 5) is 26.6. The van der Waals surface area contributed by atoms with Crippen molar-refractivity contribution >= 4 is 11.8 Å². The van der Waals surface area contributed by atoms with Crippen LogP contribution in [0.4, 0.5) is 0 Å². The summed E-state index contributed by atoms with van der Waals surface area (Å²) >= 11 is 0. The fourth-order valence-electron chi connectivity index (χ4n) is 3.52. The number of nitrogens with zero attached hydrogens (tertiary/aromatic N) is 1. The van der Waals surface area contributed by atoms with Crippen molar-refractivity contribution in [3.8, 4) is 0 Å². The Bertz CT molecular complexity index is 370. The SMILES string of the molecule is CC(C1CC1)N1CCC(=O)NC2(CCCC2)C1=O. The largest absolute Gasteiger partial charge is 0.342 e. The summed E-state index contributed by atoms with van der Waals surface area (Å²) in [6.45, 7) is 2.75. The summed E-state index contributed by atoms with van der Waals surface area (Å²) in [6.07, 6.45) is 6.69. The third kappa shape index (κ3) is 1.91. The first-order valence-electron chi connectivity index (χ1n) is 7.24. The van der Waals surface area contributed by atoms with E-state index in [9.17, 15) is 9.59 Å². The Morgan fingerprint density at radius 2 is 1.94 bits per heavy atom. The minimum atomic E-state index is -0.559. The van der Waals surface area contributed by atoms with E-state index in [4.69, 9.17) is 0 Å². The van der Waals surface area contributed by atoms with Crippen LogP contribution in [0.2, 0.25) is 0 Å². The molecule has 2 saturated carbocycles. The van der Waals surface area contributed by atoms with E-state index in [1.807, 2.05) is 4.90 Å². The third-order valence-electron chi connectivity index (χ3n) is 4.88. The van der Waals surface area contributed by atoms with E-state index in [2.05, 4.69) is 12.2 Å². The van der Waals surface area contributed by atoms with Gasteiger partial charge in [0.2, 0.25) is 11.8 Å². The quantitative estimate of drug-likeness (QED) is 0.806.